The van der Waals surface area contributed by atoms with Crippen LogP contribution in [0.1, 0.15) is 5.56 Å². The molecule has 1 aromatic heterocycles. The molecule has 88 valence electrons. The second-order valence-corrected chi connectivity index (χ2v) is 4.34. The Morgan fingerprint density at radius 1 is 0.889 bits per heavy atom. The molecule has 0 saturated heterocycles. The number of hydrogen-bond donors (Lipinski definition) is 0. The summed E-state index contributed by atoms with van der Waals surface area (Å²) in [5.74, 6) is -0.239. The molecule has 3 rings (SSSR count). The van der Waals surface area contributed by atoms with Crippen LogP contribution >= 0.6 is 0 Å². The largest absolute Gasteiger partial charge is 0.366 e. The molecule has 18 heavy (non-hydrogen) atoms. The van der Waals surface area contributed by atoms with Crippen molar-refractivity contribution in [3.63, 3.8) is 0 Å². The second kappa shape index (κ2) is 4.22. The number of nitrogens with zero attached hydrogens (tertiary/aromatic N) is 1. The van der Waals surface area contributed by atoms with E-state index in [1.54, 1.807) is 10.6 Å². The third kappa shape index (κ3) is 1.66. The van der Waals surface area contributed by atoms with Gasteiger partial charge in [-0.25, -0.2) is 0 Å². The molecule has 0 spiro atoms. The molecule has 0 amide bonds. The summed E-state index contributed by atoms with van der Waals surface area (Å²) in [7, 11) is 0. The van der Waals surface area contributed by atoms with Gasteiger partial charge in [0.1, 0.15) is 0 Å². The molecule has 0 N–H and O–H groups in total. The molecule has 2 aromatic carbocycles. The zero-order valence-electron chi connectivity index (χ0n) is 10.1. The molecular weight excluding hydrogens is 225 g/mol. The topological polar surface area (TPSA) is 3.88 Å². The summed E-state index contributed by atoms with van der Waals surface area (Å²) in [4.78, 5) is 0. The minimum Gasteiger partial charge on any atom is -0.136 e. The first-order valence-corrected chi connectivity index (χ1v) is 5.93. The lowest BCUT2D eigenvalue weighted by molar-refractivity contribution is -0.600. The average Bonchev–Trinajstić information content (AvgIpc) is 2.40. The first kappa shape index (κ1) is 10.9. The average molecular weight is 238 g/mol. The highest BCUT2D eigenvalue weighted by Crippen LogP contribution is 2.17. The molecular formula is C16H13FN+. The third-order valence-electron chi connectivity index (χ3n) is 3.13. The van der Waals surface area contributed by atoms with Crippen molar-refractivity contribution in [2.24, 2.45) is 0 Å². The van der Waals surface area contributed by atoms with Crippen molar-refractivity contribution >= 4 is 10.9 Å². The van der Waals surface area contributed by atoms with E-state index in [1.807, 2.05) is 61.5 Å². The van der Waals surface area contributed by atoms with Gasteiger partial charge in [0.15, 0.2) is 0 Å². The first-order valence-electron chi connectivity index (χ1n) is 5.93. The molecule has 0 aliphatic carbocycles. The zero-order chi connectivity index (χ0) is 12.5. The van der Waals surface area contributed by atoms with E-state index in [-0.39, 0.29) is 5.95 Å². The molecule has 3 aromatic rings. The normalized spacial score (nSPS) is 10.8. The summed E-state index contributed by atoms with van der Waals surface area (Å²) in [6.07, 6.45) is 0. The van der Waals surface area contributed by atoms with Gasteiger partial charge in [-0.15, -0.1) is 8.96 Å². The van der Waals surface area contributed by atoms with Gasteiger partial charge in [-0.1, -0.05) is 30.3 Å². The lowest BCUT2D eigenvalue weighted by atomic mass is 10.1. The third-order valence-corrected chi connectivity index (χ3v) is 3.13. The van der Waals surface area contributed by atoms with E-state index in [0.717, 1.165) is 22.2 Å². The van der Waals surface area contributed by atoms with Crippen LogP contribution < -0.4 is 4.57 Å². The van der Waals surface area contributed by atoms with Crippen LogP contribution in [-0.4, -0.2) is 0 Å². The number of halogens is 1. The first-order chi connectivity index (χ1) is 8.77. The van der Waals surface area contributed by atoms with Gasteiger partial charge in [0.2, 0.25) is 11.2 Å². The Bertz CT molecular complexity index is 705. The van der Waals surface area contributed by atoms with Gasteiger partial charge >= 0.3 is 5.95 Å². The van der Waals surface area contributed by atoms with Crippen LogP contribution in [0.5, 0.6) is 0 Å². The van der Waals surface area contributed by atoms with E-state index in [9.17, 15) is 4.39 Å². The number of aromatic nitrogens is 1. The number of hydrogen-bond acceptors (Lipinski definition) is 0. The number of fused-ring (bicyclic) bond motifs is 1. The molecule has 2 heteroatoms. The Balaban J connectivity index is 2.42. The smallest absolute Gasteiger partial charge is 0.136 e. The van der Waals surface area contributed by atoms with Crippen LogP contribution in [-0.2, 0) is 0 Å². The highest BCUT2D eigenvalue weighted by Gasteiger charge is 2.19. The minimum atomic E-state index is -0.239. The summed E-state index contributed by atoms with van der Waals surface area (Å²) in [6.45, 7) is 1.93. The van der Waals surface area contributed by atoms with Gasteiger partial charge in [-0.3, -0.25) is 0 Å². The maximum absolute atomic E-state index is 14.2. The summed E-state index contributed by atoms with van der Waals surface area (Å²) >= 11 is 0. The Kier molecular flexibility index (Phi) is 2.56. The molecule has 1 heterocycles. The Labute approximate surface area is 105 Å². The van der Waals surface area contributed by atoms with Gasteiger partial charge in [-0.2, -0.15) is 0 Å². The van der Waals surface area contributed by atoms with Gasteiger partial charge in [0, 0.05) is 29.7 Å². The van der Waals surface area contributed by atoms with Crippen LogP contribution in [0, 0.1) is 12.9 Å². The summed E-state index contributed by atoms with van der Waals surface area (Å²) in [6, 6.07) is 19.0. The predicted molar refractivity (Wildman–Crippen MR) is 70.2 cm³/mol. The van der Waals surface area contributed by atoms with E-state index < -0.39 is 0 Å². The van der Waals surface area contributed by atoms with Gasteiger partial charge in [0.05, 0.1) is 0 Å². The van der Waals surface area contributed by atoms with E-state index in [0.29, 0.717) is 0 Å². The van der Waals surface area contributed by atoms with Crippen LogP contribution in [0.2, 0.25) is 0 Å². The van der Waals surface area contributed by atoms with Crippen molar-refractivity contribution in [1.82, 2.24) is 0 Å². The van der Waals surface area contributed by atoms with Crippen LogP contribution in [0.4, 0.5) is 4.39 Å². The van der Waals surface area contributed by atoms with Gasteiger partial charge in [-0.05, 0) is 18.6 Å². The SMILES string of the molecule is Cc1cc(F)[n+](-c2ccccc2)c2ccccc12. The summed E-state index contributed by atoms with van der Waals surface area (Å²) < 4.78 is 15.9. The van der Waals surface area contributed by atoms with Gasteiger partial charge in [0.25, 0.3) is 0 Å². The molecule has 0 atom stereocenters. The van der Waals surface area contributed by atoms with E-state index in [2.05, 4.69) is 0 Å². The fourth-order valence-corrected chi connectivity index (χ4v) is 2.28. The fourth-order valence-electron chi connectivity index (χ4n) is 2.28. The van der Waals surface area contributed by atoms with Gasteiger partial charge < -0.3 is 0 Å². The molecule has 1 nitrogen and oxygen atoms in total. The standard InChI is InChI=1S/C16H13FN/c1-12-11-16(17)18(13-7-3-2-4-8-13)15-10-6-5-9-14(12)15/h2-11H,1H3/q+1. The summed E-state index contributed by atoms with van der Waals surface area (Å²) in [5, 5.41) is 1.07. The molecule has 0 aliphatic rings. The number of rotatable bonds is 1. The fraction of sp³-hybridized carbons (Fsp3) is 0.0625. The van der Waals surface area contributed by atoms with E-state index in [1.165, 1.54) is 0 Å². The lowest BCUT2D eigenvalue weighted by Gasteiger charge is -2.04. The molecule has 0 aliphatic heterocycles. The van der Waals surface area contributed by atoms with Crippen LogP contribution in [0.15, 0.2) is 60.7 Å². The van der Waals surface area contributed by atoms with Crippen LogP contribution in [0.25, 0.3) is 16.6 Å². The van der Waals surface area contributed by atoms with Crippen molar-refractivity contribution in [1.29, 1.82) is 0 Å². The molecule has 0 fully saturated rings. The monoisotopic (exact) mass is 238 g/mol. The number of para-hydroxylation sites is 2. The number of pyridine rings is 1. The molecule has 0 radical (unpaired) electrons. The zero-order valence-corrected chi connectivity index (χ0v) is 10.1. The second-order valence-electron chi connectivity index (χ2n) is 4.34. The summed E-state index contributed by atoms with van der Waals surface area (Å²) in [5.41, 5.74) is 2.68. The minimum absolute atomic E-state index is 0.239. The van der Waals surface area contributed by atoms with Crippen molar-refractivity contribution in [2.45, 2.75) is 6.92 Å². The quantitative estimate of drug-likeness (QED) is 0.451. The molecule has 0 unspecified atom stereocenters. The molecule has 0 saturated carbocycles. The number of benzene rings is 2. The van der Waals surface area contributed by atoms with E-state index >= 15 is 0 Å². The van der Waals surface area contributed by atoms with Crippen molar-refractivity contribution in [2.75, 3.05) is 0 Å². The van der Waals surface area contributed by atoms with E-state index in [4.69, 9.17) is 0 Å². The highest BCUT2D eigenvalue weighted by atomic mass is 19.1. The highest BCUT2D eigenvalue weighted by molar-refractivity contribution is 5.79. The maximum Gasteiger partial charge on any atom is 0.366 e. The van der Waals surface area contributed by atoms with Crippen molar-refractivity contribution in [3.05, 3.63) is 72.2 Å². The predicted octanol–water partition coefficient (Wildman–Crippen LogP) is 3.56. The lowest BCUT2D eigenvalue weighted by Crippen LogP contribution is -2.36. The van der Waals surface area contributed by atoms with Crippen molar-refractivity contribution < 1.29 is 8.96 Å². The Morgan fingerprint density at radius 2 is 1.56 bits per heavy atom. The Morgan fingerprint density at radius 3 is 2.33 bits per heavy atom. The Hall–Kier alpha value is -2.22. The number of aryl methyl sites for hydroxylation is 1. The maximum atomic E-state index is 14.2. The molecule has 0 bridgehead atoms. The van der Waals surface area contributed by atoms with Crippen LogP contribution in [0.3, 0.4) is 0 Å². The van der Waals surface area contributed by atoms with Crippen molar-refractivity contribution in [3.8, 4) is 5.69 Å².